The Labute approximate surface area is 155 Å². The van der Waals surface area contributed by atoms with Crippen molar-refractivity contribution in [1.82, 2.24) is 15.2 Å². The second-order valence-corrected chi connectivity index (χ2v) is 7.38. The van der Waals surface area contributed by atoms with Crippen LogP contribution in [0.4, 0.5) is 0 Å². The van der Waals surface area contributed by atoms with Crippen molar-refractivity contribution in [3.05, 3.63) is 36.0 Å². The number of carbonyl (C=O) groups is 3. The molecule has 0 aliphatic carbocycles. The summed E-state index contributed by atoms with van der Waals surface area (Å²) in [6.07, 6.45) is 2.04. The van der Waals surface area contributed by atoms with Crippen molar-refractivity contribution in [1.29, 1.82) is 0 Å². The Kier molecular flexibility index (Phi) is 5.51. The molecule has 0 spiro atoms. The minimum Gasteiger partial charge on any atom is -0.481 e. The Morgan fingerprint density at radius 3 is 2.92 bits per heavy atom. The molecule has 2 unspecified atom stereocenters. The summed E-state index contributed by atoms with van der Waals surface area (Å²) in [6, 6.07) is 6.75. The lowest BCUT2D eigenvalue weighted by Crippen LogP contribution is -2.49. The van der Waals surface area contributed by atoms with Crippen molar-refractivity contribution in [2.75, 3.05) is 11.6 Å². The number of fused-ring (bicyclic) bond motifs is 1. The molecule has 1 aromatic carbocycles. The number of para-hydroxylation sites is 1. The first-order valence-corrected chi connectivity index (χ1v) is 9.60. The third-order valence-corrected chi connectivity index (χ3v) is 5.46. The molecule has 3 N–H and O–H groups in total. The summed E-state index contributed by atoms with van der Waals surface area (Å²) < 4.78 is 0. The number of aromatic nitrogens is 1. The van der Waals surface area contributed by atoms with Gasteiger partial charge in [-0.1, -0.05) is 18.2 Å². The number of carboxylic acids is 1. The van der Waals surface area contributed by atoms with Crippen LogP contribution in [0.25, 0.3) is 10.9 Å². The molecule has 0 bridgehead atoms. The van der Waals surface area contributed by atoms with Gasteiger partial charge >= 0.3 is 5.97 Å². The lowest BCUT2D eigenvalue weighted by Gasteiger charge is -2.24. The van der Waals surface area contributed by atoms with Crippen LogP contribution < -0.4 is 5.32 Å². The van der Waals surface area contributed by atoms with Gasteiger partial charge in [0.05, 0.1) is 11.4 Å². The standard InChI is InChI=1S/C18H21N3O4S/c1-11(6-7-16(22)23)20-17(24)15-9-26-10-21(15)18(25)13-8-19-14-5-3-2-4-12(13)14/h2-5,8,11,15,19H,6-7,9-10H2,1H3,(H,20,24)(H,22,23). The van der Waals surface area contributed by atoms with E-state index in [2.05, 4.69) is 10.3 Å². The molecule has 1 aromatic heterocycles. The number of thioether (sulfide) groups is 1. The van der Waals surface area contributed by atoms with E-state index >= 15 is 0 Å². The molecule has 1 saturated heterocycles. The van der Waals surface area contributed by atoms with Crippen LogP contribution >= 0.6 is 11.8 Å². The number of H-pyrrole nitrogens is 1. The van der Waals surface area contributed by atoms with Gasteiger partial charge < -0.3 is 20.3 Å². The normalized spacial score (nSPS) is 18.0. The average molecular weight is 375 g/mol. The van der Waals surface area contributed by atoms with Crippen LogP contribution in [0.15, 0.2) is 30.5 Å². The van der Waals surface area contributed by atoms with E-state index in [0.717, 1.165) is 10.9 Å². The van der Waals surface area contributed by atoms with Crippen LogP contribution in [0.2, 0.25) is 0 Å². The molecule has 1 fully saturated rings. The lowest BCUT2D eigenvalue weighted by atomic mass is 10.1. The van der Waals surface area contributed by atoms with Gasteiger partial charge in [0.15, 0.2) is 0 Å². The van der Waals surface area contributed by atoms with Gasteiger partial charge in [0, 0.05) is 35.3 Å². The van der Waals surface area contributed by atoms with E-state index in [0.29, 0.717) is 23.6 Å². The number of hydrogen-bond acceptors (Lipinski definition) is 4. The van der Waals surface area contributed by atoms with Crippen molar-refractivity contribution in [3.8, 4) is 0 Å². The fraction of sp³-hybridized carbons (Fsp3) is 0.389. The van der Waals surface area contributed by atoms with Crippen molar-refractivity contribution in [2.24, 2.45) is 0 Å². The monoisotopic (exact) mass is 375 g/mol. The second kappa shape index (κ2) is 7.82. The molecule has 7 nitrogen and oxygen atoms in total. The van der Waals surface area contributed by atoms with Gasteiger partial charge in [0.2, 0.25) is 5.91 Å². The summed E-state index contributed by atoms with van der Waals surface area (Å²) in [6.45, 7) is 1.77. The fourth-order valence-electron chi connectivity index (χ4n) is 3.01. The Morgan fingerprint density at radius 1 is 1.38 bits per heavy atom. The van der Waals surface area contributed by atoms with E-state index < -0.39 is 12.0 Å². The first kappa shape index (κ1) is 18.3. The first-order chi connectivity index (χ1) is 12.5. The average Bonchev–Trinajstić information content (AvgIpc) is 3.26. The summed E-state index contributed by atoms with van der Waals surface area (Å²) in [5.74, 6) is -0.309. The molecule has 2 aromatic rings. The van der Waals surface area contributed by atoms with Crippen LogP contribution in [-0.4, -0.2) is 56.5 Å². The summed E-state index contributed by atoms with van der Waals surface area (Å²) in [5, 5.41) is 12.4. The Balaban J connectivity index is 1.70. The molecular formula is C18H21N3O4S. The van der Waals surface area contributed by atoms with E-state index in [1.807, 2.05) is 24.3 Å². The molecule has 8 heteroatoms. The maximum absolute atomic E-state index is 13.0. The number of hydrogen-bond donors (Lipinski definition) is 3. The Hall–Kier alpha value is -2.48. The SMILES string of the molecule is CC(CCC(=O)O)NC(=O)C1CSCN1C(=O)c1c[nH]c2ccccc12. The highest BCUT2D eigenvalue weighted by Gasteiger charge is 2.36. The van der Waals surface area contributed by atoms with Gasteiger partial charge in [-0.15, -0.1) is 11.8 Å². The zero-order chi connectivity index (χ0) is 18.7. The van der Waals surface area contributed by atoms with Gasteiger partial charge in [0.25, 0.3) is 5.91 Å². The number of rotatable bonds is 6. The third-order valence-electron chi connectivity index (χ3n) is 4.45. The van der Waals surface area contributed by atoms with Gasteiger partial charge in [-0.25, -0.2) is 0 Å². The van der Waals surface area contributed by atoms with E-state index in [-0.39, 0.29) is 24.3 Å². The summed E-state index contributed by atoms with van der Waals surface area (Å²) >= 11 is 1.53. The largest absolute Gasteiger partial charge is 0.481 e. The van der Waals surface area contributed by atoms with Gasteiger partial charge in [0.1, 0.15) is 6.04 Å². The van der Waals surface area contributed by atoms with Crippen LogP contribution in [0.5, 0.6) is 0 Å². The molecule has 0 saturated carbocycles. The third kappa shape index (κ3) is 3.85. The summed E-state index contributed by atoms with van der Waals surface area (Å²) in [5.41, 5.74) is 1.44. The molecule has 2 amide bonds. The molecular weight excluding hydrogens is 354 g/mol. The fourth-order valence-corrected chi connectivity index (χ4v) is 4.17. The zero-order valence-electron chi connectivity index (χ0n) is 14.4. The van der Waals surface area contributed by atoms with Gasteiger partial charge in [-0.3, -0.25) is 14.4 Å². The molecule has 26 heavy (non-hydrogen) atoms. The number of nitrogens with one attached hydrogen (secondary N) is 2. The van der Waals surface area contributed by atoms with Crippen LogP contribution in [0, 0.1) is 0 Å². The summed E-state index contributed by atoms with van der Waals surface area (Å²) in [7, 11) is 0. The van der Waals surface area contributed by atoms with Crippen LogP contribution in [0.3, 0.4) is 0 Å². The minimum absolute atomic E-state index is 0.00114. The number of carboxylic acid groups (broad SMARTS) is 1. The molecule has 138 valence electrons. The predicted octanol–water partition coefficient (Wildman–Crippen LogP) is 2.05. The number of aromatic amines is 1. The second-order valence-electron chi connectivity index (χ2n) is 6.38. The van der Waals surface area contributed by atoms with Gasteiger partial charge in [-0.05, 0) is 19.4 Å². The van der Waals surface area contributed by atoms with Gasteiger partial charge in [-0.2, -0.15) is 0 Å². The molecule has 2 heterocycles. The van der Waals surface area contributed by atoms with E-state index in [9.17, 15) is 14.4 Å². The Bertz CT molecular complexity index is 835. The minimum atomic E-state index is -0.890. The first-order valence-electron chi connectivity index (χ1n) is 8.44. The maximum atomic E-state index is 13.0. The van der Waals surface area contributed by atoms with E-state index in [1.165, 1.54) is 11.8 Å². The molecule has 2 atom stereocenters. The van der Waals surface area contributed by atoms with E-state index in [1.54, 1.807) is 18.0 Å². The molecule has 1 aliphatic heterocycles. The molecule has 0 radical (unpaired) electrons. The van der Waals surface area contributed by atoms with Crippen molar-refractivity contribution >= 4 is 40.4 Å². The zero-order valence-corrected chi connectivity index (χ0v) is 15.2. The quantitative estimate of drug-likeness (QED) is 0.717. The van der Waals surface area contributed by atoms with Crippen molar-refractivity contribution < 1.29 is 19.5 Å². The molecule has 3 rings (SSSR count). The lowest BCUT2D eigenvalue weighted by molar-refractivity contribution is -0.137. The van der Waals surface area contributed by atoms with Crippen molar-refractivity contribution in [3.63, 3.8) is 0 Å². The number of nitrogens with zero attached hydrogens (tertiary/aromatic N) is 1. The highest BCUT2D eigenvalue weighted by Crippen LogP contribution is 2.26. The highest BCUT2D eigenvalue weighted by atomic mass is 32.2. The summed E-state index contributed by atoms with van der Waals surface area (Å²) in [4.78, 5) is 40.9. The topological polar surface area (TPSA) is 102 Å². The van der Waals surface area contributed by atoms with Crippen LogP contribution in [0.1, 0.15) is 30.1 Å². The number of benzene rings is 1. The predicted molar refractivity (Wildman–Crippen MR) is 100 cm³/mol. The van der Waals surface area contributed by atoms with Crippen molar-refractivity contribution in [2.45, 2.75) is 31.8 Å². The Morgan fingerprint density at radius 2 is 2.15 bits per heavy atom. The number of carbonyl (C=O) groups excluding carboxylic acids is 2. The number of aliphatic carboxylic acids is 1. The van der Waals surface area contributed by atoms with E-state index in [4.69, 9.17) is 5.11 Å². The number of amides is 2. The highest BCUT2D eigenvalue weighted by molar-refractivity contribution is 7.99. The smallest absolute Gasteiger partial charge is 0.303 e. The molecule has 1 aliphatic rings. The maximum Gasteiger partial charge on any atom is 0.303 e. The van der Waals surface area contributed by atoms with Crippen LogP contribution in [-0.2, 0) is 9.59 Å².